The van der Waals surface area contributed by atoms with Crippen molar-refractivity contribution in [1.29, 1.82) is 0 Å². The van der Waals surface area contributed by atoms with E-state index in [1.54, 1.807) is 0 Å². The maximum atomic E-state index is 5.44. The van der Waals surface area contributed by atoms with Gasteiger partial charge >= 0.3 is 0 Å². The highest BCUT2D eigenvalue weighted by molar-refractivity contribution is 7.98. The molecular weight excluding hydrogens is 206 g/mol. The third-order valence-electron chi connectivity index (χ3n) is 2.45. The molecule has 1 atom stereocenters. The summed E-state index contributed by atoms with van der Waals surface area (Å²) in [6.07, 6.45) is 4.30. The van der Waals surface area contributed by atoms with Crippen molar-refractivity contribution in [1.82, 2.24) is 9.78 Å². The summed E-state index contributed by atoms with van der Waals surface area (Å²) in [6, 6.07) is 2.62. The van der Waals surface area contributed by atoms with Crippen LogP contribution in [0, 0.1) is 0 Å². The summed E-state index contributed by atoms with van der Waals surface area (Å²) < 4.78 is 2.05. The summed E-state index contributed by atoms with van der Waals surface area (Å²) >= 11 is 1.91. The highest BCUT2D eigenvalue weighted by atomic mass is 32.2. The van der Waals surface area contributed by atoms with E-state index in [2.05, 4.69) is 35.9 Å². The molecule has 0 amide bonds. The molecule has 1 rings (SSSR count). The van der Waals surface area contributed by atoms with Crippen LogP contribution in [-0.2, 0) is 5.75 Å². The largest absolute Gasteiger partial charge is 0.330 e. The van der Waals surface area contributed by atoms with Gasteiger partial charge < -0.3 is 5.73 Å². The topological polar surface area (TPSA) is 43.8 Å². The lowest BCUT2D eigenvalue weighted by Gasteiger charge is -2.07. The Morgan fingerprint density at radius 1 is 1.60 bits per heavy atom. The van der Waals surface area contributed by atoms with E-state index < -0.39 is 0 Å². The predicted octanol–water partition coefficient (Wildman–Crippen LogP) is 2.44. The molecular formula is C11H21N3S. The summed E-state index contributed by atoms with van der Waals surface area (Å²) in [5, 5.41) is 4.54. The Bertz CT molecular complexity index is 273. The lowest BCUT2D eigenvalue weighted by Crippen LogP contribution is -2.04. The Labute approximate surface area is 96.4 Å². The molecule has 0 saturated carbocycles. The monoisotopic (exact) mass is 227 g/mol. The Morgan fingerprint density at radius 3 is 3.07 bits per heavy atom. The number of hydrogen-bond donors (Lipinski definition) is 1. The standard InChI is InChI=1S/C11H21N3S/c1-3-10(2)14-7-5-11(13-14)9-15-8-4-6-12/h5,7,10H,3-4,6,8-9,12H2,1-2H3. The normalized spacial score (nSPS) is 13.0. The van der Waals surface area contributed by atoms with Crippen LogP contribution in [0.3, 0.4) is 0 Å². The molecule has 0 bridgehead atoms. The van der Waals surface area contributed by atoms with Crippen LogP contribution in [0.1, 0.15) is 38.4 Å². The Balaban J connectivity index is 2.33. The molecule has 15 heavy (non-hydrogen) atoms. The van der Waals surface area contributed by atoms with Gasteiger partial charge in [-0.25, -0.2) is 0 Å². The molecule has 4 heteroatoms. The first-order chi connectivity index (χ1) is 7.27. The van der Waals surface area contributed by atoms with Gasteiger partial charge in [0.15, 0.2) is 0 Å². The van der Waals surface area contributed by atoms with E-state index in [0.717, 1.165) is 30.9 Å². The van der Waals surface area contributed by atoms with Crippen LogP contribution in [0.2, 0.25) is 0 Å². The van der Waals surface area contributed by atoms with Crippen LogP contribution in [0.15, 0.2) is 12.3 Å². The zero-order valence-electron chi connectivity index (χ0n) is 9.65. The fraction of sp³-hybridized carbons (Fsp3) is 0.727. The summed E-state index contributed by atoms with van der Waals surface area (Å²) in [5.74, 6) is 2.14. The van der Waals surface area contributed by atoms with Gasteiger partial charge in [0.25, 0.3) is 0 Å². The van der Waals surface area contributed by atoms with E-state index in [1.807, 2.05) is 11.8 Å². The van der Waals surface area contributed by atoms with Gasteiger partial charge in [0.05, 0.1) is 5.69 Å². The average molecular weight is 227 g/mol. The molecule has 3 nitrogen and oxygen atoms in total. The average Bonchev–Trinajstić information content (AvgIpc) is 2.72. The first-order valence-electron chi connectivity index (χ1n) is 5.59. The second-order valence-corrected chi connectivity index (χ2v) is 4.84. The lowest BCUT2D eigenvalue weighted by molar-refractivity contribution is 0.475. The zero-order chi connectivity index (χ0) is 11.1. The summed E-state index contributed by atoms with van der Waals surface area (Å²) in [6.45, 7) is 5.16. The van der Waals surface area contributed by atoms with Crippen molar-refractivity contribution < 1.29 is 0 Å². The molecule has 0 aromatic carbocycles. The molecule has 86 valence electrons. The molecule has 0 aliphatic heterocycles. The number of aromatic nitrogens is 2. The molecule has 1 heterocycles. The van der Waals surface area contributed by atoms with Gasteiger partial charge in [0.2, 0.25) is 0 Å². The van der Waals surface area contributed by atoms with Gasteiger partial charge in [-0.2, -0.15) is 16.9 Å². The van der Waals surface area contributed by atoms with Crippen molar-refractivity contribution in [2.24, 2.45) is 5.73 Å². The Hall–Kier alpha value is -0.480. The first-order valence-corrected chi connectivity index (χ1v) is 6.75. The van der Waals surface area contributed by atoms with Gasteiger partial charge in [0, 0.05) is 18.0 Å². The van der Waals surface area contributed by atoms with Crippen molar-refractivity contribution in [2.75, 3.05) is 12.3 Å². The fourth-order valence-electron chi connectivity index (χ4n) is 1.25. The molecule has 0 fully saturated rings. The number of rotatable bonds is 7. The van der Waals surface area contributed by atoms with E-state index in [9.17, 15) is 0 Å². The van der Waals surface area contributed by atoms with Crippen LogP contribution in [0.5, 0.6) is 0 Å². The SMILES string of the molecule is CCC(C)n1ccc(CSCCCN)n1. The third-order valence-corrected chi connectivity index (χ3v) is 3.53. The van der Waals surface area contributed by atoms with Gasteiger partial charge in [-0.05, 0) is 38.1 Å². The fourth-order valence-corrected chi connectivity index (χ4v) is 2.13. The van der Waals surface area contributed by atoms with E-state index in [4.69, 9.17) is 5.73 Å². The minimum atomic E-state index is 0.507. The van der Waals surface area contributed by atoms with Crippen molar-refractivity contribution in [3.05, 3.63) is 18.0 Å². The Kier molecular flexibility index (Phi) is 5.79. The van der Waals surface area contributed by atoms with Crippen LogP contribution in [0.4, 0.5) is 0 Å². The quantitative estimate of drug-likeness (QED) is 0.728. The van der Waals surface area contributed by atoms with Gasteiger partial charge in [-0.3, -0.25) is 4.68 Å². The van der Waals surface area contributed by atoms with Crippen molar-refractivity contribution in [3.63, 3.8) is 0 Å². The third kappa shape index (κ3) is 4.26. The van der Waals surface area contributed by atoms with E-state index >= 15 is 0 Å². The zero-order valence-corrected chi connectivity index (χ0v) is 10.5. The molecule has 0 aliphatic carbocycles. The number of nitrogens with two attached hydrogens (primary N) is 1. The summed E-state index contributed by atoms with van der Waals surface area (Å²) in [5.41, 5.74) is 6.61. The van der Waals surface area contributed by atoms with E-state index in [1.165, 1.54) is 5.69 Å². The first kappa shape index (κ1) is 12.6. The second-order valence-electron chi connectivity index (χ2n) is 3.74. The van der Waals surface area contributed by atoms with Crippen molar-refractivity contribution in [3.8, 4) is 0 Å². The lowest BCUT2D eigenvalue weighted by atomic mass is 10.3. The molecule has 1 unspecified atom stereocenters. The summed E-state index contributed by atoms with van der Waals surface area (Å²) in [7, 11) is 0. The van der Waals surface area contributed by atoms with E-state index in [-0.39, 0.29) is 0 Å². The van der Waals surface area contributed by atoms with Crippen molar-refractivity contribution in [2.45, 2.75) is 38.5 Å². The van der Waals surface area contributed by atoms with Crippen LogP contribution >= 0.6 is 11.8 Å². The summed E-state index contributed by atoms with van der Waals surface area (Å²) in [4.78, 5) is 0. The molecule has 1 aromatic heterocycles. The highest BCUT2D eigenvalue weighted by Crippen LogP contribution is 2.14. The molecule has 0 saturated heterocycles. The van der Waals surface area contributed by atoms with E-state index in [0.29, 0.717) is 6.04 Å². The molecule has 1 aromatic rings. The molecule has 2 N–H and O–H groups in total. The highest BCUT2D eigenvalue weighted by Gasteiger charge is 2.04. The second kappa shape index (κ2) is 6.90. The van der Waals surface area contributed by atoms with Gasteiger partial charge in [-0.15, -0.1) is 0 Å². The minimum absolute atomic E-state index is 0.507. The number of nitrogens with zero attached hydrogens (tertiary/aromatic N) is 2. The van der Waals surface area contributed by atoms with Crippen LogP contribution in [-0.4, -0.2) is 22.1 Å². The molecule has 0 radical (unpaired) electrons. The smallest absolute Gasteiger partial charge is 0.0723 e. The van der Waals surface area contributed by atoms with Gasteiger partial charge in [-0.1, -0.05) is 6.92 Å². The number of thioether (sulfide) groups is 1. The number of hydrogen-bond acceptors (Lipinski definition) is 3. The maximum absolute atomic E-state index is 5.44. The maximum Gasteiger partial charge on any atom is 0.0723 e. The Morgan fingerprint density at radius 2 is 2.40 bits per heavy atom. The molecule has 0 spiro atoms. The molecule has 0 aliphatic rings. The minimum Gasteiger partial charge on any atom is -0.330 e. The van der Waals surface area contributed by atoms with Crippen LogP contribution in [0.25, 0.3) is 0 Å². The van der Waals surface area contributed by atoms with Gasteiger partial charge in [0.1, 0.15) is 0 Å². The predicted molar refractivity (Wildman–Crippen MR) is 67.1 cm³/mol. The van der Waals surface area contributed by atoms with Crippen LogP contribution < -0.4 is 5.73 Å². The van der Waals surface area contributed by atoms with Crippen molar-refractivity contribution >= 4 is 11.8 Å².